The molecule has 0 aromatic carbocycles. The fourth-order valence-electron chi connectivity index (χ4n) is 3.58. The van der Waals surface area contributed by atoms with Crippen LogP contribution < -0.4 is 5.73 Å². The van der Waals surface area contributed by atoms with E-state index < -0.39 is 0 Å². The van der Waals surface area contributed by atoms with Crippen LogP contribution in [-0.4, -0.2) is 6.54 Å². The van der Waals surface area contributed by atoms with Gasteiger partial charge in [0.1, 0.15) is 0 Å². The van der Waals surface area contributed by atoms with Gasteiger partial charge in [-0.15, -0.1) is 11.3 Å². The second-order valence-corrected chi connectivity index (χ2v) is 6.91. The van der Waals surface area contributed by atoms with Crippen molar-refractivity contribution < 1.29 is 0 Å². The minimum absolute atomic E-state index is 0.445. The van der Waals surface area contributed by atoms with Crippen molar-refractivity contribution in [2.45, 2.75) is 45.4 Å². The first-order valence-electron chi connectivity index (χ1n) is 6.45. The molecule has 0 radical (unpaired) electrons. The normalized spacial score (nSPS) is 31.2. The van der Waals surface area contributed by atoms with Gasteiger partial charge in [0.15, 0.2) is 0 Å². The van der Waals surface area contributed by atoms with E-state index in [1.807, 2.05) is 11.3 Å². The lowest BCUT2D eigenvalue weighted by Gasteiger charge is -2.13. The summed E-state index contributed by atoms with van der Waals surface area (Å²) in [6.45, 7) is 5.60. The highest BCUT2D eigenvalue weighted by molar-refractivity contribution is 7.10. The van der Waals surface area contributed by atoms with Crippen molar-refractivity contribution in [3.8, 4) is 0 Å². The molecule has 16 heavy (non-hydrogen) atoms. The Hall–Kier alpha value is -0.340. The lowest BCUT2D eigenvalue weighted by Crippen LogP contribution is -2.05. The molecule has 88 valence electrons. The molecule has 0 amide bonds. The van der Waals surface area contributed by atoms with Gasteiger partial charge in [-0.25, -0.2) is 0 Å². The summed E-state index contributed by atoms with van der Waals surface area (Å²) < 4.78 is 0. The first-order valence-corrected chi connectivity index (χ1v) is 7.33. The highest BCUT2D eigenvalue weighted by Crippen LogP contribution is 2.65. The molecule has 0 aliphatic heterocycles. The van der Waals surface area contributed by atoms with Crippen LogP contribution in [0.3, 0.4) is 0 Å². The SMILES string of the molecule is CC1(C)[C@@H](CN)[C@@H]1c1csc2c1CCCC2. The molecule has 1 aromatic heterocycles. The van der Waals surface area contributed by atoms with Crippen molar-refractivity contribution in [1.82, 2.24) is 0 Å². The van der Waals surface area contributed by atoms with Crippen LogP contribution in [0.1, 0.15) is 48.6 Å². The smallest absolute Gasteiger partial charge is 0.00801 e. The predicted molar refractivity (Wildman–Crippen MR) is 70.0 cm³/mol. The number of fused-ring (bicyclic) bond motifs is 1. The van der Waals surface area contributed by atoms with Crippen molar-refractivity contribution >= 4 is 11.3 Å². The van der Waals surface area contributed by atoms with Crippen LogP contribution in [0.25, 0.3) is 0 Å². The molecule has 1 nitrogen and oxygen atoms in total. The summed E-state index contributed by atoms with van der Waals surface area (Å²) in [7, 11) is 0. The molecule has 3 rings (SSSR count). The Labute approximate surface area is 102 Å². The maximum Gasteiger partial charge on any atom is 0.00801 e. The molecule has 2 N–H and O–H groups in total. The van der Waals surface area contributed by atoms with Crippen molar-refractivity contribution in [2.24, 2.45) is 17.1 Å². The van der Waals surface area contributed by atoms with E-state index in [4.69, 9.17) is 5.73 Å². The Balaban J connectivity index is 1.94. The van der Waals surface area contributed by atoms with Crippen molar-refractivity contribution in [1.29, 1.82) is 0 Å². The summed E-state index contributed by atoms with van der Waals surface area (Å²) in [4.78, 5) is 1.67. The van der Waals surface area contributed by atoms with Crippen LogP contribution in [0.4, 0.5) is 0 Å². The Morgan fingerprint density at radius 1 is 1.38 bits per heavy atom. The van der Waals surface area contributed by atoms with Gasteiger partial charge in [-0.3, -0.25) is 0 Å². The molecule has 2 aliphatic carbocycles. The number of hydrogen-bond acceptors (Lipinski definition) is 2. The molecular formula is C14H21NS. The highest BCUT2D eigenvalue weighted by atomic mass is 32.1. The van der Waals surface area contributed by atoms with Gasteiger partial charge in [0, 0.05) is 4.88 Å². The van der Waals surface area contributed by atoms with Gasteiger partial charge in [0.05, 0.1) is 0 Å². The molecule has 1 aromatic rings. The quantitative estimate of drug-likeness (QED) is 0.836. The monoisotopic (exact) mass is 235 g/mol. The van der Waals surface area contributed by atoms with Crippen LogP contribution in [0.15, 0.2) is 5.38 Å². The molecule has 1 fully saturated rings. The Morgan fingerprint density at radius 2 is 2.12 bits per heavy atom. The standard InChI is InChI=1S/C14H21NS/c1-14(2)11(7-15)13(14)10-8-16-12-6-4-3-5-9(10)12/h8,11,13H,3-7,15H2,1-2H3/t11-,13-/m0/s1. The number of aryl methyl sites for hydroxylation is 1. The van der Waals surface area contributed by atoms with E-state index in [0.29, 0.717) is 11.3 Å². The lowest BCUT2D eigenvalue weighted by molar-refractivity contribution is 0.558. The number of nitrogens with two attached hydrogens (primary N) is 1. The van der Waals surface area contributed by atoms with Gasteiger partial charge in [0.2, 0.25) is 0 Å². The van der Waals surface area contributed by atoms with E-state index >= 15 is 0 Å². The van der Waals surface area contributed by atoms with E-state index in [9.17, 15) is 0 Å². The average Bonchev–Trinajstić information content (AvgIpc) is 2.66. The molecule has 0 unspecified atom stereocenters. The maximum absolute atomic E-state index is 5.89. The number of thiophene rings is 1. The fourth-order valence-corrected chi connectivity index (χ4v) is 4.76. The van der Waals surface area contributed by atoms with Crippen LogP contribution in [0.2, 0.25) is 0 Å². The maximum atomic E-state index is 5.89. The second kappa shape index (κ2) is 3.58. The second-order valence-electron chi connectivity index (χ2n) is 5.94. The summed E-state index contributed by atoms with van der Waals surface area (Å²) in [5, 5.41) is 2.43. The molecule has 2 heteroatoms. The minimum atomic E-state index is 0.445. The van der Waals surface area contributed by atoms with Gasteiger partial charge in [-0.05, 0) is 66.0 Å². The zero-order valence-electron chi connectivity index (χ0n) is 10.3. The highest BCUT2D eigenvalue weighted by Gasteiger charge is 2.58. The lowest BCUT2D eigenvalue weighted by atomic mass is 9.92. The van der Waals surface area contributed by atoms with Crippen LogP contribution in [0, 0.1) is 11.3 Å². The van der Waals surface area contributed by atoms with Crippen molar-refractivity contribution in [2.75, 3.05) is 6.54 Å². The molecule has 1 saturated carbocycles. The van der Waals surface area contributed by atoms with Crippen LogP contribution in [0.5, 0.6) is 0 Å². The Bertz CT molecular complexity index is 405. The fraction of sp³-hybridized carbons (Fsp3) is 0.714. The summed E-state index contributed by atoms with van der Waals surface area (Å²) in [5.41, 5.74) is 9.68. The third kappa shape index (κ3) is 1.39. The summed E-state index contributed by atoms with van der Waals surface area (Å²) >= 11 is 1.99. The van der Waals surface area contributed by atoms with Gasteiger partial charge in [0.25, 0.3) is 0 Å². The predicted octanol–water partition coefficient (Wildman–Crippen LogP) is 3.33. The van der Waals surface area contributed by atoms with Crippen molar-refractivity contribution in [3.63, 3.8) is 0 Å². The molecular weight excluding hydrogens is 214 g/mol. The van der Waals surface area contributed by atoms with Gasteiger partial charge >= 0.3 is 0 Å². The van der Waals surface area contributed by atoms with Crippen LogP contribution in [-0.2, 0) is 12.8 Å². The van der Waals surface area contributed by atoms with Gasteiger partial charge in [-0.2, -0.15) is 0 Å². The summed E-state index contributed by atoms with van der Waals surface area (Å²) in [6, 6.07) is 0. The largest absolute Gasteiger partial charge is 0.330 e. The first-order chi connectivity index (χ1) is 7.66. The molecule has 2 atom stereocenters. The first kappa shape index (κ1) is 10.8. The third-order valence-electron chi connectivity index (χ3n) is 4.73. The molecule has 0 spiro atoms. The summed E-state index contributed by atoms with van der Waals surface area (Å²) in [5.74, 6) is 1.46. The Morgan fingerprint density at radius 3 is 2.81 bits per heavy atom. The van der Waals surface area contributed by atoms with E-state index in [1.165, 1.54) is 25.7 Å². The average molecular weight is 235 g/mol. The minimum Gasteiger partial charge on any atom is -0.330 e. The van der Waals surface area contributed by atoms with Crippen molar-refractivity contribution in [3.05, 3.63) is 21.4 Å². The molecule has 0 saturated heterocycles. The molecule has 0 bridgehead atoms. The number of rotatable bonds is 2. The van der Waals surface area contributed by atoms with Gasteiger partial charge in [-0.1, -0.05) is 13.8 Å². The summed E-state index contributed by atoms with van der Waals surface area (Å²) in [6.07, 6.45) is 5.41. The van der Waals surface area contributed by atoms with Crippen LogP contribution >= 0.6 is 11.3 Å². The molecule has 1 heterocycles. The molecule has 2 aliphatic rings. The Kier molecular flexibility index (Phi) is 2.41. The third-order valence-corrected chi connectivity index (χ3v) is 5.84. The topological polar surface area (TPSA) is 26.0 Å². The van der Waals surface area contributed by atoms with E-state index in [0.717, 1.165) is 12.5 Å². The van der Waals surface area contributed by atoms with E-state index in [1.54, 1.807) is 16.0 Å². The van der Waals surface area contributed by atoms with E-state index in [2.05, 4.69) is 19.2 Å². The van der Waals surface area contributed by atoms with Gasteiger partial charge < -0.3 is 5.73 Å². The zero-order chi connectivity index (χ0) is 11.3. The number of hydrogen-bond donors (Lipinski definition) is 1. The zero-order valence-corrected chi connectivity index (χ0v) is 11.1. The van der Waals surface area contributed by atoms with E-state index in [-0.39, 0.29) is 0 Å².